The van der Waals surface area contributed by atoms with E-state index in [9.17, 15) is 19.0 Å². The standard InChI is InChI=1S/C82H146NO8P/c1-3-5-7-9-11-13-15-17-19-21-23-25-27-29-31-33-35-37-38-39-40-41-42-43-45-47-49-51-53-55-57-59-61-63-65-67-69-71-73-75-82(85)91-80(79-90-92(86,87)89-77-76-83)78-88-81(84)74-72-70-68-66-64-62-60-58-56-54-52-50-48-46-44-36-34-32-30-28-26-24-22-20-18-16-14-12-10-8-6-4-2/h5,7,11,13,17,19,23,25,29,31,35,37,39-40,42-43,47,49,80H,3-4,6,8-10,12,14-16,18,20-22,24,26-28,30,32-34,36,38,41,44-46,48,50-79,83H2,1-2H3,(H,86,87)/b7-5-,13-11-,19-17-,25-23-,31-29-,37-35-,40-39-,43-42-,49-47-. The monoisotopic (exact) mass is 1300 g/mol. The Hall–Kier alpha value is -3.33. The molecule has 9 nitrogen and oxygen atoms in total. The lowest BCUT2D eigenvalue weighted by molar-refractivity contribution is -0.161. The number of hydrogen-bond acceptors (Lipinski definition) is 8. The SMILES string of the molecule is CC/C=C\C/C=C\C/C=C\C/C=C\C/C=C\C/C=C\C/C=C\C/C=C\C/C=C\CCCCCCCCCCCCCC(=O)OC(COC(=O)CCCCCCCCCCCCCCCCCCCCCCCCCCCCCCCCCC)COP(=O)(O)OCCN. The molecule has 0 saturated heterocycles. The average Bonchev–Trinajstić information content (AvgIpc) is 3.08. The number of ether oxygens (including phenoxy) is 2. The van der Waals surface area contributed by atoms with Gasteiger partial charge < -0.3 is 20.1 Å². The van der Waals surface area contributed by atoms with Crippen molar-refractivity contribution in [2.75, 3.05) is 26.4 Å². The second-order valence-corrected chi connectivity index (χ2v) is 27.3. The minimum atomic E-state index is -4.40. The predicted octanol–water partition coefficient (Wildman–Crippen LogP) is 26.0. The summed E-state index contributed by atoms with van der Waals surface area (Å²) in [5, 5.41) is 0. The average molecular weight is 1310 g/mol. The first-order chi connectivity index (χ1) is 45.3. The number of esters is 2. The van der Waals surface area contributed by atoms with Gasteiger partial charge in [0.05, 0.1) is 13.2 Å². The lowest BCUT2D eigenvalue weighted by Crippen LogP contribution is -2.29. The van der Waals surface area contributed by atoms with Gasteiger partial charge in [0.1, 0.15) is 6.61 Å². The molecule has 3 N–H and O–H groups in total. The van der Waals surface area contributed by atoms with E-state index in [0.29, 0.717) is 6.42 Å². The number of carbonyl (C=O) groups excluding carboxylic acids is 2. The van der Waals surface area contributed by atoms with Crippen LogP contribution in [0.2, 0.25) is 0 Å². The number of rotatable bonds is 73. The van der Waals surface area contributed by atoms with Gasteiger partial charge in [-0.3, -0.25) is 18.6 Å². The smallest absolute Gasteiger partial charge is 0.462 e. The Kier molecular flexibility index (Phi) is 73.9. The van der Waals surface area contributed by atoms with Crippen LogP contribution in [0.1, 0.15) is 367 Å². The Bertz CT molecular complexity index is 1880. The van der Waals surface area contributed by atoms with Crippen molar-refractivity contribution in [1.29, 1.82) is 0 Å². The number of allylic oxidation sites excluding steroid dienone is 18. The molecule has 0 rings (SSSR count). The second-order valence-electron chi connectivity index (χ2n) is 25.9. The van der Waals surface area contributed by atoms with Crippen LogP contribution in [-0.4, -0.2) is 49.3 Å². The zero-order chi connectivity index (χ0) is 66.5. The Morgan fingerprint density at radius 3 is 0.891 bits per heavy atom. The molecule has 2 unspecified atom stereocenters. The second kappa shape index (κ2) is 76.7. The number of phosphoric acid groups is 1. The van der Waals surface area contributed by atoms with Crippen LogP contribution >= 0.6 is 7.82 Å². The third-order valence-electron chi connectivity index (χ3n) is 16.9. The molecule has 92 heavy (non-hydrogen) atoms. The van der Waals surface area contributed by atoms with E-state index < -0.39 is 26.5 Å². The molecule has 10 heteroatoms. The van der Waals surface area contributed by atoms with E-state index in [1.807, 2.05) is 0 Å². The summed E-state index contributed by atoms with van der Waals surface area (Å²) in [6, 6.07) is 0. The Balaban J connectivity index is 3.86. The molecule has 0 radical (unpaired) electrons. The van der Waals surface area contributed by atoms with Gasteiger partial charge in [0.2, 0.25) is 0 Å². The van der Waals surface area contributed by atoms with Crippen molar-refractivity contribution in [3.63, 3.8) is 0 Å². The number of carbonyl (C=O) groups is 2. The highest BCUT2D eigenvalue weighted by Gasteiger charge is 2.26. The van der Waals surface area contributed by atoms with Gasteiger partial charge in [-0.2, -0.15) is 0 Å². The van der Waals surface area contributed by atoms with Crippen molar-refractivity contribution >= 4 is 19.8 Å². The van der Waals surface area contributed by atoms with E-state index in [0.717, 1.165) is 103 Å². The van der Waals surface area contributed by atoms with Gasteiger partial charge in [-0.1, -0.05) is 380 Å². The van der Waals surface area contributed by atoms with Crippen LogP contribution in [0.15, 0.2) is 109 Å². The quantitative estimate of drug-likeness (QED) is 0.0264. The molecule has 0 heterocycles. The molecule has 0 fully saturated rings. The maximum Gasteiger partial charge on any atom is 0.472 e. The Labute approximate surface area is 569 Å². The zero-order valence-electron chi connectivity index (χ0n) is 60.0. The predicted molar refractivity (Wildman–Crippen MR) is 399 cm³/mol. The van der Waals surface area contributed by atoms with Crippen LogP contribution in [0, 0.1) is 0 Å². The van der Waals surface area contributed by atoms with Crippen molar-refractivity contribution in [2.45, 2.75) is 373 Å². The van der Waals surface area contributed by atoms with E-state index in [1.165, 1.54) is 231 Å². The van der Waals surface area contributed by atoms with E-state index >= 15 is 0 Å². The molecule has 0 aliphatic rings. The molecule has 0 aliphatic heterocycles. The summed E-state index contributed by atoms with van der Waals surface area (Å²) in [7, 11) is -4.40. The van der Waals surface area contributed by atoms with E-state index in [1.54, 1.807) is 0 Å². The third kappa shape index (κ3) is 75.7. The first-order valence-corrected chi connectivity index (χ1v) is 40.4. The molecule has 0 saturated carbocycles. The van der Waals surface area contributed by atoms with E-state index in [2.05, 4.69) is 123 Å². The number of unbranched alkanes of at least 4 members (excludes halogenated alkanes) is 42. The highest BCUT2D eigenvalue weighted by atomic mass is 31.2. The molecule has 2 atom stereocenters. The van der Waals surface area contributed by atoms with E-state index in [4.69, 9.17) is 24.3 Å². The van der Waals surface area contributed by atoms with Crippen LogP contribution in [0.4, 0.5) is 0 Å². The number of hydrogen-bond donors (Lipinski definition) is 2. The summed E-state index contributed by atoms with van der Waals surface area (Å²) in [5.41, 5.74) is 5.41. The van der Waals surface area contributed by atoms with Crippen LogP contribution in [0.5, 0.6) is 0 Å². The first-order valence-electron chi connectivity index (χ1n) is 38.9. The summed E-state index contributed by atoms with van der Waals surface area (Å²) in [6.07, 6.45) is 106. The highest BCUT2D eigenvalue weighted by Crippen LogP contribution is 2.43. The van der Waals surface area contributed by atoms with Crippen LogP contribution in [0.25, 0.3) is 0 Å². The number of nitrogens with two attached hydrogens (primary N) is 1. The normalized spacial score (nSPS) is 13.5. The summed E-state index contributed by atoms with van der Waals surface area (Å²) in [6.45, 7) is 3.68. The van der Waals surface area contributed by atoms with E-state index in [-0.39, 0.29) is 38.6 Å². The van der Waals surface area contributed by atoms with Crippen molar-refractivity contribution in [3.05, 3.63) is 109 Å². The largest absolute Gasteiger partial charge is 0.472 e. The maximum atomic E-state index is 12.8. The van der Waals surface area contributed by atoms with Crippen LogP contribution in [-0.2, 0) is 32.7 Å². The van der Waals surface area contributed by atoms with Gasteiger partial charge in [0, 0.05) is 19.4 Å². The highest BCUT2D eigenvalue weighted by molar-refractivity contribution is 7.47. The minimum Gasteiger partial charge on any atom is -0.462 e. The summed E-state index contributed by atoms with van der Waals surface area (Å²) in [5.74, 6) is -0.819. The lowest BCUT2D eigenvalue weighted by atomic mass is 10.0. The molecular weight excluding hydrogens is 1160 g/mol. The topological polar surface area (TPSA) is 134 Å². The van der Waals surface area contributed by atoms with Gasteiger partial charge in [0.15, 0.2) is 6.10 Å². The van der Waals surface area contributed by atoms with Gasteiger partial charge in [0.25, 0.3) is 0 Å². The third-order valence-corrected chi connectivity index (χ3v) is 17.9. The molecule has 0 aliphatic carbocycles. The number of phosphoric ester groups is 1. The first kappa shape index (κ1) is 88.7. The Morgan fingerprint density at radius 2 is 0.598 bits per heavy atom. The van der Waals surface area contributed by atoms with Gasteiger partial charge in [-0.05, 0) is 83.5 Å². The molecule has 0 spiro atoms. The fraction of sp³-hybridized carbons (Fsp3) is 0.756. The lowest BCUT2D eigenvalue weighted by Gasteiger charge is -2.19. The molecule has 532 valence electrons. The fourth-order valence-corrected chi connectivity index (χ4v) is 12.0. The maximum absolute atomic E-state index is 12.8. The Morgan fingerprint density at radius 1 is 0.337 bits per heavy atom. The minimum absolute atomic E-state index is 0.0507. The van der Waals surface area contributed by atoms with Crippen molar-refractivity contribution in [1.82, 2.24) is 0 Å². The molecule has 0 bridgehead atoms. The summed E-state index contributed by atoms with van der Waals surface area (Å²) < 4.78 is 33.3. The molecule has 0 aromatic heterocycles. The van der Waals surface area contributed by atoms with Gasteiger partial charge in [-0.25, -0.2) is 4.57 Å². The summed E-state index contributed by atoms with van der Waals surface area (Å²) in [4.78, 5) is 35.4. The molecule has 0 aromatic rings. The summed E-state index contributed by atoms with van der Waals surface area (Å²) >= 11 is 0. The van der Waals surface area contributed by atoms with Crippen molar-refractivity contribution in [2.24, 2.45) is 5.73 Å². The molecule has 0 aromatic carbocycles. The zero-order valence-corrected chi connectivity index (χ0v) is 60.9. The van der Waals surface area contributed by atoms with Crippen LogP contribution in [0.3, 0.4) is 0 Å². The fourth-order valence-electron chi connectivity index (χ4n) is 11.2. The van der Waals surface area contributed by atoms with Gasteiger partial charge >= 0.3 is 19.8 Å². The molecular formula is C82H146NO8P. The van der Waals surface area contributed by atoms with Gasteiger partial charge in [-0.15, -0.1) is 0 Å². The molecule has 0 amide bonds. The van der Waals surface area contributed by atoms with Crippen molar-refractivity contribution < 1.29 is 37.6 Å². The van der Waals surface area contributed by atoms with Crippen molar-refractivity contribution in [3.8, 4) is 0 Å². The van der Waals surface area contributed by atoms with Crippen LogP contribution < -0.4 is 5.73 Å².